The van der Waals surface area contributed by atoms with Crippen LogP contribution in [0.3, 0.4) is 0 Å². The molecule has 0 aromatic carbocycles. The molecule has 0 saturated heterocycles. The quantitative estimate of drug-likeness (QED) is 0.329. The third-order valence-electron chi connectivity index (χ3n) is 6.30. The fourth-order valence-corrected chi connectivity index (χ4v) is 4.98. The van der Waals surface area contributed by atoms with Gasteiger partial charge in [0.25, 0.3) is 0 Å². The van der Waals surface area contributed by atoms with E-state index in [0.717, 1.165) is 61.6 Å². The predicted molar refractivity (Wildman–Crippen MR) is 138 cm³/mol. The largest absolute Gasteiger partial charge is 0.355 e. The van der Waals surface area contributed by atoms with Crippen LogP contribution in [0.1, 0.15) is 80.2 Å². The molecule has 4 N–H and O–H groups in total. The molecule has 0 unspecified atom stereocenters. The molecular formula is C29H32N4O. The van der Waals surface area contributed by atoms with E-state index in [1.807, 2.05) is 18.2 Å². The summed E-state index contributed by atoms with van der Waals surface area (Å²) in [6.45, 7) is 13.1. The lowest BCUT2D eigenvalue weighted by molar-refractivity contribution is 0.112. The summed E-state index contributed by atoms with van der Waals surface area (Å²) in [4.78, 5) is 26.6. The molecule has 1 aliphatic rings. The van der Waals surface area contributed by atoms with Crippen molar-refractivity contribution in [1.29, 1.82) is 0 Å². The molecule has 0 fully saturated rings. The Morgan fingerprint density at radius 3 is 1.82 bits per heavy atom. The Morgan fingerprint density at radius 2 is 1.24 bits per heavy atom. The highest BCUT2D eigenvalue weighted by Crippen LogP contribution is 2.40. The second-order valence-electron chi connectivity index (χ2n) is 11.2. The number of hydrogen-bond acceptors (Lipinski definition) is 1. The Hall–Kier alpha value is -3.73. The lowest BCUT2D eigenvalue weighted by Gasteiger charge is -2.27. The molecule has 8 bridgehead atoms. The molecule has 5 rings (SSSR count). The highest BCUT2D eigenvalue weighted by molar-refractivity contribution is 5.88. The fourth-order valence-electron chi connectivity index (χ4n) is 4.98. The molecular weight excluding hydrogens is 420 g/mol. The zero-order valence-corrected chi connectivity index (χ0v) is 20.7. The van der Waals surface area contributed by atoms with Crippen molar-refractivity contribution in [3.05, 3.63) is 91.7 Å². The van der Waals surface area contributed by atoms with Gasteiger partial charge in [-0.3, -0.25) is 4.79 Å². The molecule has 5 nitrogen and oxygen atoms in total. The van der Waals surface area contributed by atoms with Crippen LogP contribution < -0.4 is 21.4 Å². The number of H-pyrrole nitrogens is 4. The van der Waals surface area contributed by atoms with E-state index in [0.29, 0.717) is 5.56 Å². The summed E-state index contributed by atoms with van der Waals surface area (Å²) in [5.41, 5.74) is 6.37. The molecule has 0 amide bonds. The van der Waals surface area contributed by atoms with Gasteiger partial charge in [0.05, 0.1) is 5.69 Å². The number of fused-ring (bicyclic) bond motifs is 8. The predicted octanol–water partition coefficient (Wildman–Crippen LogP) is 3.15. The monoisotopic (exact) mass is 452 g/mol. The number of hydrogen-bond donors (Lipinski definition) is 4. The molecule has 0 aliphatic carbocycles. The standard InChI is InChI=1S/C29H32N4O/c1-28(2,3)25-22(16-34)24-15-21-10-9-18(31-21)13-17-7-8-19(30-17)14-20-11-12-23(32-20)26(27(25)33-24)29(4,5)6/h7-16,30-33H,1-6H3. The maximum Gasteiger partial charge on any atom is 0.152 e. The first-order chi connectivity index (χ1) is 16.0. The van der Waals surface area contributed by atoms with Crippen molar-refractivity contribution in [2.75, 3.05) is 0 Å². The molecule has 5 heteroatoms. The zero-order chi connectivity index (χ0) is 24.3. The maximum absolute atomic E-state index is 12.5. The first-order valence-corrected chi connectivity index (χ1v) is 11.7. The van der Waals surface area contributed by atoms with E-state index < -0.39 is 0 Å². The van der Waals surface area contributed by atoms with Gasteiger partial charge in [-0.05, 0) is 71.0 Å². The van der Waals surface area contributed by atoms with Crippen LogP contribution in [0.25, 0.3) is 23.8 Å². The van der Waals surface area contributed by atoms with Crippen LogP contribution in [0, 0.1) is 5.41 Å². The zero-order valence-electron chi connectivity index (χ0n) is 20.7. The minimum absolute atomic E-state index is 0.177. The lowest BCUT2D eigenvalue weighted by atomic mass is 9.77. The molecule has 34 heavy (non-hydrogen) atoms. The van der Waals surface area contributed by atoms with E-state index in [1.165, 1.54) is 0 Å². The van der Waals surface area contributed by atoms with Crippen molar-refractivity contribution in [1.82, 2.24) is 19.9 Å². The highest BCUT2D eigenvalue weighted by Gasteiger charge is 2.32. The van der Waals surface area contributed by atoms with Crippen LogP contribution in [-0.2, 0) is 5.41 Å². The smallest absolute Gasteiger partial charge is 0.152 e. The van der Waals surface area contributed by atoms with Gasteiger partial charge in [-0.25, -0.2) is 0 Å². The molecule has 0 radical (unpaired) electrons. The Morgan fingerprint density at radius 1 is 0.647 bits per heavy atom. The molecule has 5 heterocycles. The average Bonchev–Trinajstić information content (AvgIpc) is 3.50. The summed E-state index contributed by atoms with van der Waals surface area (Å²) in [7, 11) is 0. The molecule has 4 aromatic heterocycles. The summed E-state index contributed by atoms with van der Waals surface area (Å²) in [6, 6.07) is 12.5. The highest BCUT2D eigenvalue weighted by atomic mass is 16.1. The van der Waals surface area contributed by atoms with Crippen molar-refractivity contribution < 1.29 is 4.79 Å². The average molecular weight is 453 g/mol. The first kappa shape index (κ1) is 22.1. The van der Waals surface area contributed by atoms with E-state index >= 15 is 0 Å². The van der Waals surface area contributed by atoms with Gasteiger partial charge in [0.15, 0.2) is 6.29 Å². The van der Waals surface area contributed by atoms with Crippen molar-refractivity contribution >= 4 is 30.1 Å². The SMILES string of the molecule is CC(C)(C)C1=c2ccc([nH]2)=Cc2ccc([nH]2)C=c2ccc([nH]2)=Cc2[nH]c1c(C(C)(C)C)c2C=O. The fraction of sp³-hybridized carbons (Fsp3) is 0.276. The van der Waals surface area contributed by atoms with Gasteiger partial charge in [-0.2, -0.15) is 0 Å². The van der Waals surface area contributed by atoms with E-state index in [4.69, 9.17) is 0 Å². The Bertz CT molecular complexity index is 1640. The van der Waals surface area contributed by atoms with Crippen LogP contribution in [0.2, 0.25) is 0 Å². The van der Waals surface area contributed by atoms with Gasteiger partial charge in [0.1, 0.15) is 0 Å². The number of rotatable bonds is 1. The third-order valence-corrected chi connectivity index (χ3v) is 6.30. The Balaban J connectivity index is 1.97. The molecule has 0 saturated carbocycles. The van der Waals surface area contributed by atoms with Crippen molar-refractivity contribution in [3.8, 4) is 0 Å². The molecule has 0 atom stereocenters. The summed E-state index contributed by atoms with van der Waals surface area (Å²) in [5.74, 6) is 0. The van der Waals surface area contributed by atoms with Crippen LogP contribution in [0.4, 0.5) is 0 Å². The van der Waals surface area contributed by atoms with E-state index in [1.54, 1.807) is 0 Å². The lowest BCUT2D eigenvalue weighted by Crippen LogP contribution is -2.25. The van der Waals surface area contributed by atoms with Gasteiger partial charge in [0, 0.05) is 49.6 Å². The van der Waals surface area contributed by atoms with E-state index in [2.05, 4.69) is 97.9 Å². The first-order valence-electron chi connectivity index (χ1n) is 11.7. The number of carbonyl (C=O) groups is 1. The number of aromatic amines is 4. The molecule has 0 spiro atoms. The molecule has 4 aromatic rings. The van der Waals surface area contributed by atoms with Crippen LogP contribution >= 0.6 is 0 Å². The van der Waals surface area contributed by atoms with Gasteiger partial charge < -0.3 is 19.9 Å². The minimum atomic E-state index is -0.232. The Kier molecular flexibility index (Phi) is 4.97. The van der Waals surface area contributed by atoms with Gasteiger partial charge >= 0.3 is 0 Å². The maximum atomic E-state index is 12.5. The third kappa shape index (κ3) is 3.92. The number of aldehydes is 1. The van der Waals surface area contributed by atoms with Crippen LogP contribution in [0.5, 0.6) is 0 Å². The van der Waals surface area contributed by atoms with Crippen LogP contribution in [0.15, 0.2) is 36.4 Å². The van der Waals surface area contributed by atoms with Crippen molar-refractivity contribution in [2.45, 2.75) is 47.0 Å². The molecule has 1 aliphatic heterocycles. The number of carbonyl (C=O) groups excluding carboxylic acids is 1. The van der Waals surface area contributed by atoms with Crippen LogP contribution in [-0.4, -0.2) is 26.2 Å². The summed E-state index contributed by atoms with van der Waals surface area (Å²) in [5, 5.41) is 3.99. The van der Waals surface area contributed by atoms with E-state index in [9.17, 15) is 4.79 Å². The summed E-state index contributed by atoms with van der Waals surface area (Å²) in [6.07, 6.45) is 7.21. The van der Waals surface area contributed by atoms with Gasteiger partial charge in [0.2, 0.25) is 0 Å². The summed E-state index contributed by atoms with van der Waals surface area (Å²) < 4.78 is 0. The molecule has 174 valence electrons. The minimum Gasteiger partial charge on any atom is -0.355 e. The second-order valence-corrected chi connectivity index (χ2v) is 11.2. The van der Waals surface area contributed by atoms with Crippen molar-refractivity contribution in [3.63, 3.8) is 0 Å². The van der Waals surface area contributed by atoms with Gasteiger partial charge in [-0.1, -0.05) is 41.5 Å². The normalized spacial score (nSPS) is 13.8. The van der Waals surface area contributed by atoms with Crippen molar-refractivity contribution in [2.24, 2.45) is 5.41 Å². The number of nitrogens with one attached hydrogen (secondary N) is 4. The second kappa shape index (κ2) is 7.66. The summed E-state index contributed by atoms with van der Waals surface area (Å²) >= 11 is 0. The van der Waals surface area contributed by atoms with E-state index in [-0.39, 0.29) is 10.8 Å². The van der Waals surface area contributed by atoms with Gasteiger partial charge in [-0.15, -0.1) is 0 Å². The topological polar surface area (TPSA) is 80.2 Å². The number of aromatic nitrogens is 4. The Labute approximate surface area is 199 Å².